The molecule has 0 aliphatic heterocycles. The van der Waals surface area contributed by atoms with E-state index in [9.17, 15) is 0 Å². The SMILES string of the molecule is Cc1cccc(C)c1-n1c(C)cc(/C=N\NC(=S)Nc2ccccc2)c1C. The molecule has 0 bridgehead atoms. The second kappa shape index (κ2) is 8.18. The molecule has 0 saturated heterocycles. The summed E-state index contributed by atoms with van der Waals surface area (Å²) < 4.78 is 2.28. The van der Waals surface area contributed by atoms with Gasteiger partial charge in [-0.05, 0) is 69.2 Å². The Kier molecular flexibility index (Phi) is 5.72. The molecule has 5 heteroatoms. The highest BCUT2D eigenvalue weighted by Crippen LogP contribution is 2.25. The zero-order valence-corrected chi connectivity index (χ0v) is 16.9. The molecule has 1 heterocycles. The normalized spacial score (nSPS) is 11.0. The second-order valence-corrected chi connectivity index (χ2v) is 7.00. The Morgan fingerprint density at radius 2 is 1.63 bits per heavy atom. The van der Waals surface area contributed by atoms with Crippen LogP contribution in [0.5, 0.6) is 0 Å². The first-order valence-electron chi connectivity index (χ1n) is 8.88. The molecule has 3 rings (SSSR count). The van der Waals surface area contributed by atoms with Gasteiger partial charge in [-0.1, -0.05) is 36.4 Å². The number of hydrogen-bond donors (Lipinski definition) is 2. The molecule has 1 aromatic heterocycles. The van der Waals surface area contributed by atoms with E-state index in [1.807, 2.05) is 36.5 Å². The van der Waals surface area contributed by atoms with Crippen molar-refractivity contribution in [2.75, 3.05) is 5.32 Å². The lowest BCUT2D eigenvalue weighted by atomic mass is 10.1. The quantitative estimate of drug-likeness (QED) is 0.381. The Hall–Kier alpha value is -2.92. The van der Waals surface area contributed by atoms with E-state index in [1.54, 1.807) is 0 Å². The maximum absolute atomic E-state index is 5.28. The summed E-state index contributed by atoms with van der Waals surface area (Å²) in [5, 5.41) is 7.86. The molecule has 0 unspecified atom stereocenters. The summed E-state index contributed by atoms with van der Waals surface area (Å²) in [4.78, 5) is 0. The van der Waals surface area contributed by atoms with Gasteiger partial charge in [0, 0.05) is 22.6 Å². The molecule has 0 aliphatic carbocycles. The van der Waals surface area contributed by atoms with Gasteiger partial charge >= 0.3 is 0 Å². The van der Waals surface area contributed by atoms with Crippen molar-refractivity contribution in [3.05, 3.63) is 82.7 Å². The minimum Gasteiger partial charge on any atom is -0.331 e. The Bertz CT molecular complexity index is 967. The maximum Gasteiger partial charge on any atom is 0.191 e. The topological polar surface area (TPSA) is 41.4 Å². The fourth-order valence-electron chi connectivity index (χ4n) is 3.26. The van der Waals surface area contributed by atoms with Crippen molar-refractivity contribution < 1.29 is 0 Å². The smallest absolute Gasteiger partial charge is 0.191 e. The number of anilines is 1. The third kappa shape index (κ3) is 4.26. The van der Waals surface area contributed by atoms with Gasteiger partial charge in [0.05, 0.1) is 11.9 Å². The minimum absolute atomic E-state index is 0.459. The lowest BCUT2D eigenvalue weighted by Gasteiger charge is -2.15. The molecule has 2 N–H and O–H groups in total. The van der Waals surface area contributed by atoms with Crippen molar-refractivity contribution in [1.29, 1.82) is 0 Å². The van der Waals surface area contributed by atoms with Gasteiger partial charge in [0.25, 0.3) is 0 Å². The zero-order valence-electron chi connectivity index (χ0n) is 16.1. The summed E-state index contributed by atoms with van der Waals surface area (Å²) in [5.74, 6) is 0. The fraction of sp³-hybridized carbons (Fsp3) is 0.182. The molecule has 0 amide bonds. The Morgan fingerprint density at radius 1 is 0.963 bits per heavy atom. The van der Waals surface area contributed by atoms with E-state index >= 15 is 0 Å². The van der Waals surface area contributed by atoms with Gasteiger partial charge in [0.2, 0.25) is 0 Å². The van der Waals surface area contributed by atoms with Crippen LogP contribution in [0.1, 0.15) is 28.1 Å². The summed E-state index contributed by atoms with van der Waals surface area (Å²) in [5.41, 5.74) is 10.9. The number of benzene rings is 2. The van der Waals surface area contributed by atoms with Gasteiger partial charge in [-0.3, -0.25) is 5.43 Å². The average molecular weight is 377 g/mol. The van der Waals surface area contributed by atoms with E-state index in [4.69, 9.17) is 12.2 Å². The number of nitrogens with zero attached hydrogens (tertiary/aromatic N) is 2. The fourth-order valence-corrected chi connectivity index (χ4v) is 3.43. The number of aryl methyl sites for hydroxylation is 3. The first-order valence-corrected chi connectivity index (χ1v) is 9.29. The molecule has 138 valence electrons. The third-order valence-electron chi connectivity index (χ3n) is 4.53. The molecule has 0 saturated carbocycles. The molecule has 3 aromatic rings. The number of hydrazone groups is 1. The second-order valence-electron chi connectivity index (χ2n) is 6.59. The van der Waals surface area contributed by atoms with Crippen LogP contribution in [0.2, 0.25) is 0 Å². The number of rotatable bonds is 4. The van der Waals surface area contributed by atoms with Gasteiger partial charge in [0.1, 0.15) is 0 Å². The lowest BCUT2D eigenvalue weighted by molar-refractivity contribution is 0.942. The first-order chi connectivity index (χ1) is 13.0. The highest BCUT2D eigenvalue weighted by atomic mass is 32.1. The number of nitrogens with one attached hydrogen (secondary N) is 2. The molecule has 0 radical (unpaired) electrons. The monoisotopic (exact) mass is 376 g/mol. The summed E-state index contributed by atoms with van der Waals surface area (Å²) in [6.45, 7) is 8.51. The van der Waals surface area contributed by atoms with Crippen LogP contribution in [-0.2, 0) is 0 Å². The van der Waals surface area contributed by atoms with Crippen LogP contribution < -0.4 is 10.7 Å². The molecular formula is C22H24N4S. The molecule has 4 nitrogen and oxygen atoms in total. The van der Waals surface area contributed by atoms with E-state index in [0.29, 0.717) is 5.11 Å². The van der Waals surface area contributed by atoms with E-state index in [-0.39, 0.29) is 0 Å². The molecule has 2 aromatic carbocycles. The van der Waals surface area contributed by atoms with E-state index in [0.717, 1.165) is 16.9 Å². The van der Waals surface area contributed by atoms with E-state index in [1.165, 1.54) is 22.5 Å². The Labute approximate surface area is 165 Å². The molecule has 0 atom stereocenters. The largest absolute Gasteiger partial charge is 0.331 e. The van der Waals surface area contributed by atoms with E-state index < -0.39 is 0 Å². The van der Waals surface area contributed by atoms with Crippen LogP contribution in [0, 0.1) is 27.7 Å². The van der Waals surface area contributed by atoms with Crippen molar-refractivity contribution in [3.8, 4) is 5.69 Å². The lowest BCUT2D eigenvalue weighted by Crippen LogP contribution is -2.23. The van der Waals surface area contributed by atoms with Crippen molar-refractivity contribution in [2.24, 2.45) is 5.10 Å². The van der Waals surface area contributed by atoms with Crippen molar-refractivity contribution in [3.63, 3.8) is 0 Å². The van der Waals surface area contributed by atoms with Gasteiger partial charge in [-0.15, -0.1) is 0 Å². The molecule has 0 fully saturated rings. The standard InChI is InChI=1S/C22H24N4S/c1-15-9-8-10-16(2)21(15)26-17(3)13-19(18(26)4)14-23-25-22(27)24-20-11-6-5-7-12-20/h5-14H,1-4H3,(H2,24,25,27)/b23-14-. The first kappa shape index (κ1) is 18.9. The molecule has 0 spiro atoms. The minimum atomic E-state index is 0.459. The van der Waals surface area contributed by atoms with Crippen LogP contribution >= 0.6 is 12.2 Å². The Morgan fingerprint density at radius 3 is 2.30 bits per heavy atom. The number of hydrogen-bond acceptors (Lipinski definition) is 2. The van der Waals surface area contributed by atoms with Crippen molar-refractivity contribution in [1.82, 2.24) is 9.99 Å². The van der Waals surface area contributed by atoms with Gasteiger partial charge in [-0.25, -0.2) is 0 Å². The van der Waals surface area contributed by atoms with Crippen LogP contribution in [0.15, 0.2) is 59.7 Å². The Balaban J connectivity index is 1.77. The van der Waals surface area contributed by atoms with Crippen LogP contribution in [0.4, 0.5) is 5.69 Å². The number of thiocarbonyl (C=S) groups is 1. The van der Waals surface area contributed by atoms with Gasteiger partial charge in [0.15, 0.2) is 5.11 Å². The number of aromatic nitrogens is 1. The van der Waals surface area contributed by atoms with Gasteiger partial charge in [-0.2, -0.15) is 5.10 Å². The van der Waals surface area contributed by atoms with Gasteiger partial charge < -0.3 is 9.88 Å². The summed E-state index contributed by atoms with van der Waals surface area (Å²) in [7, 11) is 0. The van der Waals surface area contributed by atoms with Crippen molar-refractivity contribution in [2.45, 2.75) is 27.7 Å². The number of para-hydroxylation sites is 2. The molecule has 27 heavy (non-hydrogen) atoms. The summed E-state index contributed by atoms with van der Waals surface area (Å²) >= 11 is 5.28. The van der Waals surface area contributed by atoms with Crippen LogP contribution in [0.3, 0.4) is 0 Å². The van der Waals surface area contributed by atoms with Crippen LogP contribution in [-0.4, -0.2) is 15.9 Å². The van der Waals surface area contributed by atoms with Crippen molar-refractivity contribution >= 4 is 29.2 Å². The predicted octanol–water partition coefficient (Wildman–Crippen LogP) is 5.03. The zero-order chi connectivity index (χ0) is 19.4. The molecule has 0 aliphatic rings. The van der Waals surface area contributed by atoms with Crippen LogP contribution in [0.25, 0.3) is 5.69 Å². The predicted molar refractivity (Wildman–Crippen MR) is 118 cm³/mol. The summed E-state index contributed by atoms with van der Waals surface area (Å²) in [6, 6.07) is 18.3. The third-order valence-corrected chi connectivity index (χ3v) is 4.73. The van der Waals surface area contributed by atoms with E-state index in [2.05, 4.69) is 72.4 Å². The highest BCUT2D eigenvalue weighted by molar-refractivity contribution is 7.80. The average Bonchev–Trinajstić information content (AvgIpc) is 2.90. The maximum atomic E-state index is 5.28. The summed E-state index contributed by atoms with van der Waals surface area (Å²) in [6.07, 6.45) is 1.81. The highest BCUT2D eigenvalue weighted by Gasteiger charge is 2.13. The molecular weight excluding hydrogens is 352 g/mol.